The number of anilines is 4. The highest BCUT2D eigenvalue weighted by Crippen LogP contribution is 2.43. The number of carbonyl (C=O) groups is 10. The van der Waals surface area contributed by atoms with Gasteiger partial charge >= 0.3 is 11.9 Å². The molecule has 0 aromatic heterocycles. The number of fused-ring (bicyclic) bond motifs is 8. The fraction of sp³-hybridized carbons (Fsp3) is 0.385. The van der Waals surface area contributed by atoms with Crippen molar-refractivity contribution in [2.24, 2.45) is 21.8 Å². The Morgan fingerprint density at radius 1 is 0.533 bits per heavy atom. The topological polar surface area (TPSA) is 337 Å². The number of nitrogens with zero attached hydrogens (tertiary/aromatic N) is 4. The number of amides is 6. The molecular weight excluding hydrogens is 1390 g/mol. The second-order valence-electron chi connectivity index (χ2n) is 25.8. The minimum atomic E-state index is -0.769. The van der Waals surface area contributed by atoms with Gasteiger partial charge in [-0.1, -0.05) is 62.4 Å². The second kappa shape index (κ2) is 38.3. The number of hydrogen-bond donors (Lipinski definition) is 6. The molecule has 10 rings (SSSR count). The highest BCUT2D eigenvalue weighted by Gasteiger charge is 2.38. The van der Waals surface area contributed by atoms with E-state index in [1.54, 1.807) is 98.5 Å². The third-order valence-corrected chi connectivity index (χ3v) is 18.6. The molecule has 0 bridgehead atoms. The van der Waals surface area contributed by atoms with Gasteiger partial charge in [-0.05, 0) is 121 Å². The highest BCUT2D eigenvalue weighted by atomic mass is 35.5. The summed E-state index contributed by atoms with van der Waals surface area (Å²) in [6.07, 6.45) is 7.79. The lowest BCUT2D eigenvalue weighted by Gasteiger charge is -2.22. The molecule has 0 saturated heterocycles. The molecule has 0 radical (unpaired) electrons. The first kappa shape index (κ1) is 80.2. The number of phenolic OH excluding ortho intramolecular Hbond substituents is 1. The third kappa shape index (κ3) is 21.6. The van der Waals surface area contributed by atoms with Gasteiger partial charge in [0.25, 0.3) is 11.8 Å². The maximum atomic E-state index is 13.7. The van der Waals surface area contributed by atoms with E-state index in [4.69, 9.17) is 37.4 Å². The predicted octanol–water partition coefficient (Wildman–Crippen LogP) is 11.5. The zero-order chi connectivity index (χ0) is 76.0. The molecule has 0 spiro atoms. The summed E-state index contributed by atoms with van der Waals surface area (Å²) in [5.74, 6) is -2.61. The van der Waals surface area contributed by atoms with Crippen molar-refractivity contribution in [3.8, 4) is 23.0 Å². The number of aliphatic hydroxyl groups is 1. The van der Waals surface area contributed by atoms with Crippen LogP contribution in [0, 0.1) is 11.8 Å². The van der Waals surface area contributed by atoms with Crippen molar-refractivity contribution in [3.05, 3.63) is 154 Å². The van der Waals surface area contributed by atoms with Gasteiger partial charge in [0.15, 0.2) is 34.6 Å². The van der Waals surface area contributed by atoms with E-state index in [-0.39, 0.29) is 146 Å². The molecule has 0 saturated carbocycles. The molecule has 25 nitrogen and oxygen atoms in total. The summed E-state index contributed by atoms with van der Waals surface area (Å²) in [4.78, 5) is 137. The number of hydrogen-bond acceptors (Lipinski definition) is 19. The Kier molecular flexibility index (Phi) is 29.3. The van der Waals surface area contributed by atoms with Crippen molar-refractivity contribution in [2.75, 3.05) is 48.9 Å². The number of benzene rings is 6. The molecule has 105 heavy (non-hydrogen) atoms. The van der Waals surface area contributed by atoms with Crippen molar-refractivity contribution >= 4 is 129 Å². The maximum absolute atomic E-state index is 13.7. The molecule has 6 aromatic carbocycles. The van der Waals surface area contributed by atoms with Crippen molar-refractivity contribution in [3.63, 3.8) is 0 Å². The number of para-hydroxylation sites is 2. The molecule has 4 heterocycles. The molecule has 0 aliphatic carbocycles. The van der Waals surface area contributed by atoms with Crippen LogP contribution >= 0.6 is 23.2 Å². The van der Waals surface area contributed by atoms with Gasteiger partial charge < -0.3 is 55.2 Å². The average Bonchev–Trinajstić information content (AvgIpc) is 1.63. The van der Waals surface area contributed by atoms with Gasteiger partial charge in [0, 0.05) is 122 Å². The largest absolute Gasteiger partial charge is 0.504 e. The fourth-order valence-electron chi connectivity index (χ4n) is 12.2. The number of nitrogens with one attached hydrogen (secondary N) is 4. The summed E-state index contributed by atoms with van der Waals surface area (Å²) >= 11 is 12.0. The van der Waals surface area contributed by atoms with Crippen LogP contribution in [-0.4, -0.2) is 134 Å². The third-order valence-electron chi connectivity index (χ3n) is 18.0. The summed E-state index contributed by atoms with van der Waals surface area (Å²) < 4.78 is 26.1. The van der Waals surface area contributed by atoms with E-state index in [1.165, 1.54) is 34.5 Å². The number of ketones is 2. The van der Waals surface area contributed by atoms with Crippen LogP contribution in [0.1, 0.15) is 146 Å². The Morgan fingerprint density at radius 2 is 0.952 bits per heavy atom. The van der Waals surface area contributed by atoms with Gasteiger partial charge in [-0.3, -0.25) is 67.7 Å². The van der Waals surface area contributed by atoms with Crippen LogP contribution in [0.5, 0.6) is 23.0 Å². The smallest absolute Gasteiger partial charge is 0.305 e. The maximum Gasteiger partial charge on any atom is 0.305 e. The van der Waals surface area contributed by atoms with E-state index in [1.807, 2.05) is 54.6 Å². The van der Waals surface area contributed by atoms with Crippen LogP contribution in [0.25, 0.3) is 0 Å². The number of rotatable bonds is 30. The predicted molar refractivity (Wildman–Crippen MR) is 399 cm³/mol. The lowest BCUT2D eigenvalue weighted by atomic mass is 9.99. The van der Waals surface area contributed by atoms with Crippen LogP contribution in [0.15, 0.2) is 119 Å². The number of aliphatic hydroxyl groups excluding tert-OH is 1. The van der Waals surface area contributed by atoms with E-state index in [0.717, 1.165) is 40.0 Å². The number of methoxy groups -OCH3 is 4. The molecule has 6 N–H and O–H groups in total. The molecule has 0 unspecified atom stereocenters. The first-order valence-corrected chi connectivity index (χ1v) is 35.5. The first-order valence-electron chi connectivity index (χ1n) is 34.4. The van der Waals surface area contributed by atoms with E-state index in [0.29, 0.717) is 88.6 Å². The van der Waals surface area contributed by atoms with Crippen LogP contribution in [0.2, 0.25) is 0 Å². The Labute approximate surface area is 619 Å². The summed E-state index contributed by atoms with van der Waals surface area (Å²) in [6.45, 7) is 6.35. The summed E-state index contributed by atoms with van der Waals surface area (Å²) in [7, 11) is 5.59. The van der Waals surface area contributed by atoms with Crippen molar-refractivity contribution in [2.45, 2.75) is 154 Å². The Morgan fingerprint density at radius 3 is 1.40 bits per heavy atom. The highest BCUT2D eigenvalue weighted by molar-refractivity contribution is 6.18. The van der Waals surface area contributed by atoms with Gasteiger partial charge in [-0.2, -0.15) is 0 Å². The zero-order valence-corrected chi connectivity index (χ0v) is 61.4. The van der Waals surface area contributed by atoms with Crippen LogP contribution in [0.3, 0.4) is 0 Å². The normalized spacial score (nSPS) is 15.2. The van der Waals surface area contributed by atoms with Gasteiger partial charge in [0.2, 0.25) is 23.6 Å². The number of halogens is 2. The number of alkyl halides is 2. The van der Waals surface area contributed by atoms with E-state index < -0.39 is 23.9 Å². The molecule has 4 aliphatic heterocycles. The molecule has 556 valence electrons. The quantitative estimate of drug-likeness (QED) is 0.0139. The van der Waals surface area contributed by atoms with Gasteiger partial charge in [-0.25, -0.2) is 0 Å². The molecule has 6 amide bonds. The average molecular weight is 1480 g/mol. The van der Waals surface area contributed by atoms with Gasteiger partial charge in [0.05, 0.1) is 81.7 Å². The number of Topliss-reactive ketones (excluding diaryl/α,β-unsaturated/α-hetero) is 2. The Bertz CT molecular complexity index is 4260. The monoisotopic (exact) mass is 1480 g/mol. The summed E-state index contributed by atoms with van der Waals surface area (Å²) in [6, 6.07) is 30.8. The SMILES string of the molecule is COC(=O)CCCCC(=O)N[C@@H](C)C(=O)C[C@@H](C)C(=O)Nc1cc(CCl)cc(COc2cc3c(cc2OC)C(=O)N2c4ccccc4C[C@H]2C=N3)c1.COC(=O)CCCCC(=O)N[C@@H](C)C(=O)C[C@@H](C)C(=O)Nc1cc(CO)cc(CCl)c1.COc1cc2c(cc1O)N=C[C@@H]1Cc3ccccc3N1C2=O. The molecular formula is C78H88Cl2N8O17. The number of ether oxygens (including phenoxy) is 5. The number of phenols is 1. The number of aliphatic imine (C=N–C) groups is 2. The summed E-state index contributed by atoms with van der Waals surface area (Å²) in [5.41, 5.74) is 9.65. The van der Waals surface area contributed by atoms with Gasteiger partial charge in [0.1, 0.15) is 6.61 Å². The van der Waals surface area contributed by atoms with E-state index >= 15 is 0 Å². The fourth-order valence-corrected chi connectivity index (χ4v) is 12.5. The molecule has 4 aliphatic rings. The standard InChI is InChI=1S/C39H43ClN4O8.C22H31ClN2O6.C17H14N2O3/c1-23(13-33(45)24(2)42-36(46)11-7-8-12-37(47)51-4)38(48)43-28-15-25(20-40)14-26(16-28)22-52-35-19-31-30(18-34(35)50-3)39(49)44-29(21-41-31)17-27-9-5-6-10-32(27)44;1-14(22(30)25-18-10-16(12-23)9-17(11-18)13-26)8-19(27)15(2)24-20(28)6-4-5-7-21(29)31-3;1-22-16-7-12-13(8-15(16)20)18-9-11-6-10-4-2-3-5-14(10)19(11)17(12)21/h5-6,9-10,14-16,18-19,21,23-24,29H,7-8,11-13,17,20,22H2,1-4H3,(H,42,46)(H,43,48);9-11,14-15,26H,4-8,12-13H2,1-3H3,(H,24,28)(H,25,30);2-5,7-9,11,20H,6H2,1H3/t23-,24+,29+;14-,15+;11-/m110/s1. The van der Waals surface area contributed by atoms with Crippen molar-refractivity contribution < 1.29 is 81.8 Å². The number of esters is 2. The Hall–Kier alpha value is -10.5. The second-order valence-corrected chi connectivity index (χ2v) is 26.4. The molecule has 27 heteroatoms. The van der Waals surface area contributed by atoms with Crippen LogP contribution in [0.4, 0.5) is 34.1 Å². The number of carbonyl (C=O) groups excluding carboxylic acids is 10. The lowest BCUT2D eigenvalue weighted by molar-refractivity contribution is -0.141. The molecule has 6 atom stereocenters. The first-order chi connectivity index (χ1) is 50.4. The minimum Gasteiger partial charge on any atom is -0.504 e. The lowest BCUT2D eigenvalue weighted by Crippen LogP contribution is -2.39. The number of unbranched alkanes of at least 4 members (excludes halogenated alkanes) is 2. The number of aromatic hydroxyl groups is 1. The van der Waals surface area contributed by atoms with Crippen molar-refractivity contribution in [1.82, 2.24) is 10.6 Å². The molecule has 6 aromatic rings. The Balaban J connectivity index is 0.000000221. The summed E-state index contributed by atoms with van der Waals surface area (Å²) in [5, 5.41) is 30.1. The van der Waals surface area contributed by atoms with Crippen molar-refractivity contribution in [1.29, 1.82) is 0 Å². The van der Waals surface area contributed by atoms with Crippen LogP contribution in [-0.2, 0) is 85.6 Å². The zero-order valence-electron chi connectivity index (χ0n) is 59.9. The van der Waals surface area contributed by atoms with Gasteiger partial charge in [-0.15, -0.1) is 23.2 Å². The van der Waals surface area contributed by atoms with E-state index in [9.17, 15) is 58.2 Å². The molecule has 0 fully saturated rings. The van der Waals surface area contributed by atoms with E-state index in [2.05, 4.69) is 40.7 Å². The van der Waals surface area contributed by atoms with Crippen LogP contribution < -0.4 is 45.3 Å². The minimum absolute atomic E-state index is 0.0198.